The molecule has 3 N–H and O–H groups in total. The lowest BCUT2D eigenvalue weighted by Gasteiger charge is -2.11. The Balaban J connectivity index is 1.73. The quantitative estimate of drug-likeness (QED) is 0.531. The number of nitrogens with zero attached hydrogens (tertiary/aromatic N) is 2. The molecule has 2 rings (SSSR count). The minimum absolute atomic E-state index is 0.0176. The molecule has 0 radical (unpaired) electrons. The number of rotatable bonds is 8. The highest BCUT2D eigenvalue weighted by molar-refractivity contribution is 5.71. The number of pyridine rings is 1. The number of nitrogens with two attached hydrogens (primary N) is 1. The van der Waals surface area contributed by atoms with E-state index in [1.54, 1.807) is 6.07 Å². The Morgan fingerprint density at radius 3 is 2.73 bits per heavy atom. The van der Waals surface area contributed by atoms with Crippen molar-refractivity contribution in [1.82, 2.24) is 9.88 Å². The van der Waals surface area contributed by atoms with Crippen LogP contribution in [0.15, 0.2) is 27.8 Å². The van der Waals surface area contributed by atoms with Crippen LogP contribution in [-0.4, -0.2) is 37.1 Å². The van der Waals surface area contributed by atoms with E-state index in [1.807, 2.05) is 31.1 Å². The van der Waals surface area contributed by atoms with Gasteiger partial charge in [0.1, 0.15) is 11.4 Å². The van der Waals surface area contributed by atoms with Crippen LogP contribution in [-0.2, 0) is 6.54 Å². The van der Waals surface area contributed by atoms with Gasteiger partial charge in [-0.25, -0.2) is 4.98 Å². The molecule has 7 nitrogen and oxygen atoms in total. The summed E-state index contributed by atoms with van der Waals surface area (Å²) in [5.41, 5.74) is 5.44. The summed E-state index contributed by atoms with van der Waals surface area (Å²) in [5, 5.41) is 2.85. The minimum atomic E-state index is -0.611. The smallest absolute Gasteiger partial charge is 0.253 e. The third-order valence-electron chi connectivity index (χ3n) is 3.08. The fourth-order valence-corrected chi connectivity index (χ4v) is 2.00. The first kappa shape index (κ1) is 16.0. The van der Waals surface area contributed by atoms with E-state index in [0.717, 1.165) is 12.2 Å². The van der Waals surface area contributed by atoms with Gasteiger partial charge in [0.15, 0.2) is 0 Å². The molecule has 2 aromatic rings. The molecule has 1 aromatic carbocycles. The SMILES string of the molecule is CN(C)Cc1cccc(OCCCNc2c(N)c(=O)c2=O)n1. The average Bonchev–Trinajstić information content (AvgIpc) is 2.49. The molecule has 0 aliphatic carbocycles. The number of anilines is 2. The van der Waals surface area contributed by atoms with Gasteiger partial charge < -0.3 is 20.7 Å². The van der Waals surface area contributed by atoms with Gasteiger partial charge in [0.25, 0.3) is 10.9 Å². The van der Waals surface area contributed by atoms with E-state index < -0.39 is 10.9 Å². The maximum Gasteiger partial charge on any atom is 0.253 e. The van der Waals surface area contributed by atoms with Crippen molar-refractivity contribution in [2.75, 3.05) is 38.3 Å². The van der Waals surface area contributed by atoms with E-state index >= 15 is 0 Å². The summed E-state index contributed by atoms with van der Waals surface area (Å²) in [7, 11) is 3.96. The summed E-state index contributed by atoms with van der Waals surface area (Å²) in [5.74, 6) is 0.577. The second kappa shape index (κ2) is 7.04. The first-order valence-electron chi connectivity index (χ1n) is 7.05. The summed E-state index contributed by atoms with van der Waals surface area (Å²) in [6.45, 7) is 1.72. The zero-order valence-corrected chi connectivity index (χ0v) is 12.8. The lowest BCUT2D eigenvalue weighted by Crippen LogP contribution is -2.37. The number of nitrogens with one attached hydrogen (secondary N) is 1. The Labute approximate surface area is 128 Å². The average molecular weight is 304 g/mol. The number of hydrogen-bond acceptors (Lipinski definition) is 7. The summed E-state index contributed by atoms with van der Waals surface area (Å²) in [6, 6.07) is 5.66. The molecule has 0 saturated carbocycles. The van der Waals surface area contributed by atoms with Gasteiger partial charge in [-0.2, -0.15) is 0 Å². The lowest BCUT2D eigenvalue weighted by atomic mass is 10.2. The fourth-order valence-electron chi connectivity index (χ4n) is 2.00. The van der Waals surface area contributed by atoms with Crippen molar-refractivity contribution in [2.45, 2.75) is 13.0 Å². The monoisotopic (exact) mass is 304 g/mol. The van der Waals surface area contributed by atoms with Crippen molar-refractivity contribution in [3.63, 3.8) is 0 Å². The second-order valence-corrected chi connectivity index (χ2v) is 5.28. The van der Waals surface area contributed by atoms with Gasteiger partial charge in [0.05, 0.1) is 12.3 Å². The summed E-state index contributed by atoms with van der Waals surface area (Å²) < 4.78 is 5.57. The molecule has 1 aromatic heterocycles. The molecular weight excluding hydrogens is 284 g/mol. The fraction of sp³-hybridized carbons (Fsp3) is 0.400. The van der Waals surface area contributed by atoms with Gasteiger partial charge in [0.2, 0.25) is 5.88 Å². The third kappa shape index (κ3) is 3.82. The van der Waals surface area contributed by atoms with Crippen LogP contribution in [0.2, 0.25) is 0 Å². The standard InChI is InChI=1S/C15H20N4O3/c1-19(2)9-10-5-3-6-11(18-10)22-8-4-7-17-13-12(16)14(20)15(13)21/h3,5-6,17H,4,7-9,16H2,1-2H3. The predicted molar refractivity (Wildman–Crippen MR) is 86.0 cm³/mol. The molecule has 0 fully saturated rings. The normalized spacial score (nSPS) is 11.0. The van der Waals surface area contributed by atoms with E-state index in [4.69, 9.17) is 10.5 Å². The van der Waals surface area contributed by atoms with Crippen molar-refractivity contribution in [3.8, 4) is 5.88 Å². The maximum absolute atomic E-state index is 11.2. The topological polar surface area (TPSA) is 97.5 Å². The Hall–Kier alpha value is -2.41. The first-order valence-corrected chi connectivity index (χ1v) is 7.05. The molecule has 0 saturated heterocycles. The van der Waals surface area contributed by atoms with E-state index in [0.29, 0.717) is 25.5 Å². The van der Waals surface area contributed by atoms with Crippen LogP contribution in [0, 0.1) is 0 Å². The molecule has 1 heterocycles. The zero-order chi connectivity index (χ0) is 16.1. The highest BCUT2D eigenvalue weighted by Gasteiger charge is 2.16. The van der Waals surface area contributed by atoms with E-state index in [9.17, 15) is 9.59 Å². The van der Waals surface area contributed by atoms with Gasteiger partial charge in [-0.05, 0) is 26.6 Å². The molecule has 118 valence electrons. The number of ether oxygens (including phenoxy) is 1. The van der Waals surface area contributed by atoms with Crippen molar-refractivity contribution in [1.29, 1.82) is 0 Å². The van der Waals surface area contributed by atoms with Crippen LogP contribution in [0.4, 0.5) is 11.4 Å². The number of aromatic nitrogens is 1. The van der Waals surface area contributed by atoms with Gasteiger partial charge in [-0.15, -0.1) is 0 Å². The molecule has 0 aliphatic rings. The Bertz CT molecular complexity index is 705. The second-order valence-electron chi connectivity index (χ2n) is 5.28. The van der Waals surface area contributed by atoms with E-state index in [1.165, 1.54) is 0 Å². The number of hydrogen-bond donors (Lipinski definition) is 2. The summed E-state index contributed by atoms with van der Waals surface area (Å²) in [6.07, 6.45) is 0.665. The maximum atomic E-state index is 11.2. The van der Waals surface area contributed by atoms with Crippen LogP contribution in [0.1, 0.15) is 12.1 Å². The summed E-state index contributed by atoms with van der Waals surface area (Å²) in [4.78, 5) is 28.6. The highest BCUT2D eigenvalue weighted by atomic mass is 16.5. The Morgan fingerprint density at radius 2 is 2.05 bits per heavy atom. The van der Waals surface area contributed by atoms with Gasteiger partial charge in [-0.1, -0.05) is 6.07 Å². The molecule has 7 heteroatoms. The van der Waals surface area contributed by atoms with Crippen molar-refractivity contribution in [3.05, 3.63) is 44.3 Å². The van der Waals surface area contributed by atoms with Crippen LogP contribution >= 0.6 is 0 Å². The molecule has 22 heavy (non-hydrogen) atoms. The van der Waals surface area contributed by atoms with Crippen LogP contribution < -0.4 is 26.6 Å². The molecule has 0 unspecified atom stereocenters. The van der Waals surface area contributed by atoms with Crippen LogP contribution in [0.5, 0.6) is 5.88 Å². The lowest BCUT2D eigenvalue weighted by molar-refractivity contribution is 0.300. The molecular formula is C15H20N4O3. The predicted octanol–water partition coefficient (Wildman–Crippen LogP) is 0.202. The molecule has 0 atom stereocenters. The molecule has 0 spiro atoms. The van der Waals surface area contributed by atoms with E-state index in [-0.39, 0.29) is 11.4 Å². The molecule has 0 bridgehead atoms. The largest absolute Gasteiger partial charge is 0.478 e. The first-order chi connectivity index (χ1) is 10.5. The van der Waals surface area contributed by atoms with Crippen molar-refractivity contribution in [2.24, 2.45) is 0 Å². The number of nitrogen functional groups attached to an aromatic ring is 1. The summed E-state index contributed by atoms with van der Waals surface area (Å²) >= 11 is 0. The minimum Gasteiger partial charge on any atom is -0.478 e. The molecule has 0 amide bonds. The highest BCUT2D eigenvalue weighted by Crippen LogP contribution is 2.10. The Morgan fingerprint density at radius 1 is 1.27 bits per heavy atom. The van der Waals surface area contributed by atoms with E-state index in [2.05, 4.69) is 10.3 Å². The van der Waals surface area contributed by atoms with Crippen LogP contribution in [0.3, 0.4) is 0 Å². The van der Waals surface area contributed by atoms with Crippen LogP contribution in [0.25, 0.3) is 0 Å². The van der Waals surface area contributed by atoms with Gasteiger partial charge in [0, 0.05) is 19.2 Å². The molecule has 0 aliphatic heterocycles. The third-order valence-corrected chi connectivity index (χ3v) is 3.08. The van der Waals surface area contributed by atoms with Crippen molar-refractivity contribution >= 4 is 11.4 Å². The van der Waals surface area contributed by atoms with Gasteiger partial charge >= 0.3 is 0 Å². The Kier molecular flexibility index (Phi) is 5.11. The van der Waals surface area contributed by atoms with Crippen molar-refractivity contribution < 1.29 is 4.74 Å². The zero-order valence-electron chi connectivity index (χ0n) is 12.8. The van der Waals surface area contributed by atoms with Gasteiger partial charge in [-0.3, -0.25) is 9.59 Å².